The fraction of sp³-hybridized carbons (Fsp3) is 0.524. The Labute approximate surface area is 160 Å². The maximum absolute atomic E-state index is 12.8. The zero-order valence-corrected chi connectivity index (χ0v) is 16.8. The molecule has 3 nitrogen and oxygen atoms in total. The molecular formula is C21H30F3N3. The van der Waals surface area contributed by atoms with E-state index >= 15 is 0 Å². The largest absolute Gasteiger partial charge is 0.416 e. The van der Waals surface area contributed by atoms with Gasteiger partial charge >= 0.3 is 6.18 Å². The average Bonchev–Trinajstić information content (AvgIpc) is 2.59. The van der Waals surface area contributed by atoms with Crippen molar-refractivity contribution < 1.29 is 13.2 Å². The van der Waals surface area contributed by atoms with Crippen LogP contribution in [0.2, 0.25) is 0 Å². The van der Waals surface area contributed by atoms with Crippen molar-refractivity contribution in [3.05, 3.63) is 58.9 Å². The predicted molar refractivity (Wildman–Crippen MR) is 104 cm³/mol. The van der Waals surface area contributed by atoms with E-state index in [0.29, 0.717) is 0 Å². The molecule has 150 valence electrons. The van der Waals surface area contributed by atoms with Crippen LogP contribution in [0.25, 0.3) is 0 Å². The molecule has 0 spiro atoms. The molecule has 2 rings (SSSR count). The van der Waals surface area contributed by atoms with Gasteiger partial charge in [0.15, 0.2) is 0 Å². The Hall–Kier alpha value is -1.79. The highest BCUT2D eigenvalue weighted by molar-refractivity contribution is 5.37. The van der Waals surface area contributed by atoms with Crippen LogP contribution in [0, 0.1) is 0 Å². The molecule has 27 heavy (non-hydrogen) atoms. The lowest BCUT2D eigenvalue weighted by Gasteiger charge is -2.33. The molecule has 0 saturated carbocycles. The number of allylic oxidation sites excluding steroid dienone is 2. The smallest absolute Gasteiger partial charge is 0.352 e. The van der Waals surface area contributed by atoms with Crippen LogP contribution < -0.4 is 0 Å². The number of hydrogen-bond acceptors (Lipinski definition) is 3. The van der Waals surface area contributed by atoms with Crippen LogP contribution >= 0.6 is 0 Å². The summed E-state index contributed by atoms with van der Waals surface area (Å²) in [5.74, 6) is -0.00203. The lowest BCUT2D eigenvalue weighted by Crippen LogP contribution is -2.27. The van der Waals surface area contributed by atoms with Gasteiger partial charge in [-0.2, -0.15) is 13.2 Å². The highest BCUT2D eigenvalue weighted by Crippen LogP contribution is 2.34. The molecular weight excluding hydrogens is 351 g/mol. The normalized spacial score (nSPS) is 16.1. The summed E-state index contributed by atoms with van der Waals surface area (Å²) in [6.07, 6.45) is 1.85. The van der Waals surface area contributed by atoms with Gasteiger partial charge in [0.2, 0.25) is 0 Å². The van der Waals surface area contributed by atoms with Crippen LogP contribution in [0.4, 0.5) is 13.2 Å². The van der Waals surface area contributed by atoms with Crippen molar-refractivity contribution in [1.29, 1.82) is 0 Å². The molecule has 1 aliphatic rings. The highest BCUT2D eigenvalue weighted by atomic mass is 19.4. The lowest BCUT2D eigenvalue weighted by molar-refractivity contribution is -0.137. The second-order valence-corrected chi connectivity index (χ2v) is 7.63. The predicted octanol–water partition coefficient (Wildman–Crippen LogP) is 4.41. The maximum Gasteiger partial charge on any atom is 0.416 e. The summed E-state index contributed by atoms with van der Waals surface area (Å²) in [6.45, 7) is 1.85. The molecule has 0 unspecified atom stereocenters. The van der Waals surface area contributed by atoms with Crippen molar-refractivity contribution in [1.82, 2.24) is 14.7 Å². The van der Waals surface area contributed by atoms with Gasteiger partial charge in [-0.3, -0.25) is 0 Å². The average molecular weight is 381 g/mol. The Morgan fingerprint density at radius 2 is 1.30 bits per heavy atom. The van der Waals surface area contributed by atoms with E-state index in [9.17, 15) is 13.2 Å². The first kappa shape index (κ1) is 21.5. The van der Waals surface area contributed by atoms with Crippen molar-refractivity contribution in [3.8, 4) is 0 Å². The summed E-state index contributed by atoms with van der Waals surface area (Å²) >= 11 is 0. The quantitative estimate of drug-likeness (QED) is 0.693. The monoisotopic (exact) mass is 381 g/mol. The van der Waals surface area contributed by atoms with Gasteiger partial charge in [-0.1, -0.05) is 24.3 Å². The van der Waals surface area contributed by atoms with Crippen LogP contribution in [0.15, 0.2) is 47.8 Å². The molecule has 1 aromatic carbocycles. The molecule has 0 N–H and O–H groups in total. The van der Waals surface area contributed by atoms with E-state index in [1.807, 2.05) is 28.2 Å². The summed E-state index contributed by atoms with van der Waals surface area (Å²) in [5, 5.41) is 0. The van der Waals surface area contributed by atoms with E-state index < -0.39 is 11.7 Å². The van der Waals surface area contributed by atoms with E-state index in [0.717, 1.165) is 31.5 Å². The molecule has 0 saturated heterocycles. The minimum Gasteiger partial charge on any atom is -0.352 e. The topological polar surface area (TPSA) is 9.72 Å². The van der Waals surface area contributed by atoms with Gasteiger partial charge in [-0.05, 0) is 45.9 Å². The Bertz CT molecular complexity index is 643. The van der Waals surface area contributed by atoms with Crippen molar-refractivity contribution >= 4 is 0 Å². The van der Waals surface area contributed by atoms with Gasteiger partial charge in [0, 0.05) is 50.3 Å². The number of alkyl halides is 3. The third-order valence-electron chi connectivity index (χ3n) is 4.86. The molecule has 0 aromatic heterocycles. The van der Waals surface area contributed by atoms with E-state index in [4.69, 9.17) is 0 Å². The van der Waals surface area contributed by atoms with Gasteiger partial charge in [-0.15, -0.1) is 0 Å². The Kier molecular flexibility index (Phi) is 7.12. The summed E-state index contributed by atoms with van der Waals surface area (Å²) in [6, 6.07) is 5.54. The standard InChI is InChI=1S/C21H30F3N3/c1-25(2)12-10-19-14-17(15-20(27(19)5)11-13-26(3)4)16-6-8-18(9-7-16)21(22,23)24/h6-9,14-15,17H,10-13H2,1-5H3. The van der Waals surface area contributed by atoms with E-state index in [1.165, 1.54) is 23.5 Å². The van der Waals surface area contributed by atoms with Gasteiger partial charge < -0.3 is 14.7 Å². The van der Waals surface area contributed by atoms with E-state index in [-0.39, 0.29) is 5.92 Å². The third-order valence-corrected chi connectivity index (χ3v) is 4.86. The molecule has 0 radical (unpaired) electrons. The maximum atomic E-state index is 12.8. The second-order valence-electron chi connectivity index (χ2n) is 7.63. The molecule has 6 heteroatoms. The number of halogens is 3. The SMILES string of the molecule is CN(C)CCC1=CC(c2ccc(C(F)(F)F)cc2)C=C(CCN(C)C)N1C. The molecule has 1 aromatic rings. The van der Waals surface area contributed by atoms with Gasteiger partial charge in [0.25, 0.3) is 0 Å². The van der Waals surface area contributed by atoms with Crippen molar-refractivity contribution in [2.24, 2.45) is 0 Å². The minimum absolute atomic E-state index is 0.00203. The molecule has 1 heterocycles. The van der Waals surface area contributed by atoms with Gasteiger partial charge in [0.1, 0.15) is 0 Å². The zero-order chi connectivity index (χ0) is 20.2. The van der Waals surface area contributed by atoms with E-state index in [2.05, 4.69) is 33.9 Å². The molecule has 0 amide bonds. The minimum atomic E-state index is -4.30. The van der Waals surface area contributed by atoms with Gasteiger partial charge in [-0.25, -0.2) is 0 Å². The summed E-state index contributed by atoms with van der Waals surface area (Å²) in [4.78, 5) is 6.51. The molecule has 0 bridgehead atoms. The fourth-order valence-electron chi connectivity index (χ4n) is 3.14. The Morgan fingerprint density at radius 3 is 1.67 bits per heavy atom. The highest BCUT2D eigenvalue weighted by Gasteiger charge is 2.30. The fourth-order valence-corrected chi connectivity index (χ4v) is 3.14. The van der Waals surface area contributed by atoms with Crippen LogP contribution in [0.5, 0.6) is 0 Å². The van der Waals surface area contributed by atoms with Crippen molar-refractivity contribution in [2.45, 2.75) is 24.9 Å². The van der Waals surface area contributed by atoms with Crippen LogP contribution in [-0.2, 0) is 6.18 Å². The molecule has 0 aliphatic carbocycles. The second kappa shape index (κ2) is 8.93. The first-order valence-corrected chi connectivity index (χ1v) is 9.19. The zero-order valence-electron chi connectivity index (χ0n) is 16.8. The number of nitrogens with zero attached hydrogens (tertiary/aromatic N) is 3. The van der Waals surface area contributed by atoms with Crippen molar-refractivity contribution in [3.63, 3.8) is 0 Å². The summed E-state index contributed by atoms with van der Waals surface area (Å²) in [7, 11) is 10.2. The summed E-state index contributed by atoms with van der Waals surface area (Å²) < 4.78 is 38.5. The first-order chi connectivity index (χ1) is 12.6. The molecule has 1 aliphatic heterocycles. The lowest BCUT2D eigenvalue weighted by atomic mass is 9.91. The third kappa shape index (κ3) is 6.11. The van der Waals surface area contributed by atoms with Crippen molar-refractivity contribution in [2.75, 3.05) is 48.3 Å². The molecule has 0 atom stereocenters. The van der Waals surface area contributed by atoms with Crippen LogP contribution in [0.3, 0.4) is 0 Å². The number of rotatable bonds is 7. The van der Waals surface area contributed by atoms with Crippen LogP contribution in [0.1, 0.15) is 29.9 Å². The number of benzene rings is 1. The Balaban J connectivity index is 2.29. The van der Waals surface area contributed by atoms with E-state index in [1.54, 1.807) is 12.1 Å². The van der Waals surface area contributed by atoms with Crippen LogP contribution in [-0.4, -0.2) is 63.0 Å². The first-order valence-electron chi connectivity index (χ1n) is 9.19. The van der Waals surface area contributed by atoms with Gasteiger partial charge in [0.05, 0.1) is 5.56 Å². The Morgan fingerprint density at radius 1 is 0.852 bits per heavy atom. The number of hydrogen-bond donors (Lipinski definition) is 0. The summed E-state index contributed by atoms with van der Waals surface area (Å²) in [5.41, 5.74) is 2.71. The molecule has 0 fully saturated rings.